The van der Waals surface area contributed by atoms with Gasteiger partial charge in [0.15, 0.2) is 5.78 Å². The third kappa shape index (κ3) is 3.59. The van der Waals surface area contributed by atoms with Crippen molar-refractivity contribution < 1.29 is 4.79 Å². The zero-order chi connectivity index (χ0) is 11.3. The Morgan fingerprint density at radius 3 is 2.73 bits per heavy atom. The minimum absolute atomic E-state index is 0.288. The number of benzene rings is 1. The predicted molar refractivity (Wildman–Crippen MR) is 72.4 cm³/mol. The largest absolute Gasteiger partial charge is 0.294 e. The average Bonchev–Trinajstić information content (AvgIpc) is 2.22. The summed E-state index contributed by atoms with van der Waals surface area (Å²) in [5.74, 6) is 0.288. The van der Waals surface area contributed by atoms with Gasteiger partial charge in [-0.05, 0) is 41.5 Å². The Labute approximate surface area is 105 Å². The van der Waals surface area contributed by atoms with Crippen molar-refractivity contribution in [3.8, 4) is 0 Å². The SMILES string of the molecule is CCCCCC(=O)c1cccc(C)c1I. The molecule has 82 valence electrons. The van der Waals surface area contributed by atoms with Crippen LogP contribution in [0, 0.1) is 10.5 Å². The van der Waals surface area contributed by atoms with E-state index in [0.717, 1.165) is 28.4 Å². The van der Waals surface area contributed by atoms with Crippen LogP contribution >= 0.6 is 22.6 Å². The van der Waals surface area contributed by atoms with Gasteiger partial charge in [0.25, 0.3) is 0 Å². The molecule has 0 aliphatic carbocycles. The molecule has 0 aromatic heterocycles. The lowest BCUT2D eigenvalue weighted by Gasteiger charge is -2.05. The minimum Gasteiger partial charge on any atom is -0.294 e. The second kappa shape index (κ2) is 6.26. The van der Waals surface area contributed by atoms with Crippen LogP contribution in [0.4, 0.5) is 0 Å². The van der Waals surface area contributed by atoms with Crippen LogP contribution in [0.5, 0.6) is 0 Å². The van der Waals surface area contributed by atoms with E-state index >= 15 is 0 Å². The Kier molecular flexibility index (Phi) is 5.29. The molecule has 0 saturated heterocycles. The smallest absolute Gasteiger partial charge is 0.163 e. The van der Waals surface area contributed by atoms with E-state index < -0.39 is 0 Å². The summed E-state index contributed by atoms with van der Waals surface area (Å²) < 4.78 is 1.11. The summed E-state index contributed by atoms with van der Waals surface area (Å²) in [4.78, 5) is 11.9. The van der Waals surface area contributed by atoms with Gasteiger partial charge in [-0.15, -0.1) is 0 Å². The number of unbranched alkanes of at least 4 members (excludes halogenated alkanes) is 2. The predicted octanol–water partition coefficient (Wildman–Crippen LogP) is 4.36. The van der Waals surface area contributed by atoms with Gasteiger partial charge in [-0.3, -0.25) is 4.79 Å². The Bertz CT molecular complexity index is 344. The van der Waals surface area contributed by atoms with Crippen LogP contribution in [0.3, 0.4) is 0 Å². The zero-order valence-corrected chi connectivity index (χ0v) is 11.5. The molecule has 1 rings (SSSR count). The monoisotopic (exact) mass is 316 g/mol. The van der Waals surface area contributed by atoms with Crippen molar-refractivity contribution in [3.63, 3.8) is 0 Å². The molecule has 0 N–H and O–H groups in total. The first-order chi connectivity index (χ1) is 7.16. The molecule has 0 unspecified atom stereocenters. The summed E-state index contributed by atoms with van der Waals surface area (Å²) in [5, 5.41) is 0. The molecule has 0 atom stereocenters. The number of hydrogen-bond acceptors (Lipinski definition) is 1. The lowest BCUT2D eigenvalue weighted by atomic mass is 10.0. The first-order valence-electron chi connectivity index (χ1n) is 5.45. The number of ketones is 1. The second-order valence-electron chi connectivity index (χ2n) is 3.82. The van der Waals surface area contributed by atoms with Crippen molar-refractivity contribution in [2.24, 2.45) is 0 Å². The van der Waals surface area contributed by atoms with Crippen LogP contribution in [-0.4, -0.2) is 5.78 Å². The van der Waals surface area contributed by atoms with Crippen LogP contribution in [0.15, 0.2) is 18.2 Å². The molecule has 0 saturated carbocycles. The molecule has 0 heterocycles. The highest BCUT2D eigenvalue weighted by atomic mass is 127. The van der Waals surface area contributed by atoms with E-state index in [1.54, 1.807) is 0 Å². The molecular formula is C13H17IO. The first-order valence-corrected chi connectivity index (χ1v) is 6.53. The number of Topliss-reactive ketones (excluding diaryl/α,β-unsaturated/α-hetero) is 1. The molecule has 2 heteroatoms. The molecule has 1 nitrogen and oxygen atoms in total. The maximum Gasteiger partial charge on any atom is 0.163 e. The van der Waals surface area contributed by atoms with E-state index in [9.17, 15) is 4.79 Å². The van der Waals surface area contributed by atoms with Gasteiger partial charge >= 0.3 is 0 Å². The van der Waals surface area contributed by atoms with Crippen molar-refractivity contribution >= 4 is 28.4 Å². The van der Waals surface area contributed by atoms with Crippen molar-refractivity contribution in [2.45, 2.75) is 39.5 Å². The van der Waals surface area contributed by atoms with Gasteiger partial charge in [0, 0.05) is 15.6 Å². The molecule has 15 heavy (non-hydrogen) atoms. The fourth-order valence-corrected chi connectivity index (χ4v) is 2.19. The molecule has 0 aliphatic rings. The first kappa shape index (κ1) is 12.7. The van der Waals surface area contributed by atoms with Crippen molar-refractivity contribution in [1.82, 2.24) is 0 Å². The highest BCUT2D eigenvalue weighted by Gasteiger charge is 2.10. The summed E-state index contributed by atoms with van der Waals surface area (Å²) >= 11 is 2.26. The molecule has 0 amide bonds. The fourth-order valence-electron chi connectivity index (χ4n) is 1.53. The van der Waals surface area contributed by atoms with E-state index in [2.05, 4.69) is 29.5 Å². The summed E-state index contributed by atoms with van der Waals surface area (Å²) in [6, 6.07) is 5.94. The van der Waals surface area contributed by atoms with Crippen LogP contribution in [0.1, 0.15) is 48.5 Å². The number of rotatable bonds is 5. The number of halogens is 1. The van der Waals surface area contributed by atoms with Crippen LogP contribution in [-0.2, 0) is 0 Å². The Morgan fingerprint density at radius 1 is 1.33 bits per heavy atom. The molecule has 0 radical (unpaired) electrons. The average molecular weight is 316 g/mol. The number of hydrogen-bond donors (Lipinski definition) is 0. The third-order valence-electron chi connectivity index (χ3n) is 2.50. The molecule has 0 fully saturated rings. The fraction of sp³-hybridized carbons (Fsp3) is 0.462. The summed E-state index contributed by atoms with van der Waals surface area (Å²) in [7, 11) is 0. The summed E-state index contributed by atoms with van der Waals surface area (Å²) in [5.41, 5.74) is 2.09. The minimum atomic E-state index is 0.288. The van der Waals surface area contributed by atoms with Crippen molar-refractivity contribution in [1.29, 1.82) is 0 Å². The van der Waals surface area contributed by atoms with Crippen LogP contribution in [0.2, 0.25) is 0 Å². The van der Waals surface area contributed by atoms with Gasteiger partial charge < -0.3 is 0 Å². The van der Waals surface area contributed by atoms with Crippen LogP contribution < -0.4 is 0 Å². The highest BCUT2D eigenvalue weighted by molar-refractivity contribution is 14.1. The van der Waals surface area contributed by atoms with Crippen molar-refractivity contribution in [3.05, 3.63) is 32.9 Å². The van der Waals surface area contributed by atoms with E-state index in [-0.39, 0.29) is 5.78 Å². The van der Waals surface area contributed by atoms with Gasteiger partial charge in [0.1, 0.15) is 0 Å². The van der Waals surface area contributed by atoms with Gasteiger partial charge in [0.2, 0.25) is 0 Å². The summed E-state index contributed by atoms with van der Waals surface area (Å²) in [6.07, 6.45) is 4.01. The van der Waals surface area contributed by atoms with Crippen molar-refractivity contribution in [2.75, 3.05) is 0 Å². The molecule has 1 aromatic carbocycles. The Hall–Kier alpha value is -0.380. The highest BCUT2D eigenvalue weighted by Crippen LogP contribution is 2.19. The Balaban J connectivity index is 2.69. The number of aryl methyl sites for hydroxylation is 1. The topological polar surface area (TPSA) is 17.1 Å². The summed E-state index contributed by atoms with van der Waals surface area (Å²) in [6.45, 7) is 4.20. The maximum absolute atomic E-state index is 11.9. The lowest BCUT2D eigenvalue weighted by Crippen LogP contribution is -2.02. The number of carbonyl (C=O) groups excluding carboxylic acids is 1. The number of carbonyl (C=O) groups is 1. The quantitative estimate of drug-likeness (QED) is 0.448. The lowest BCUT2D eigenvalue weighted by molar-refractivity contribution is 0.0978. The second-order valence-corrected chi connectivity index (χ2v) is 4.90. The molecule has 1 aromatic rings. The van der Waals surface area contributed by atoms with Crippen LogP contribution in [0.25, 0.3) is 0 Å². The van der Waals surface area contributed by atoms with E-state index in [1.165, 1.54) is 5.56 Å². The van der Waals surface area contributed by atoms with E-state index in [0.29, 0.717) is 6.42 Å². The molecular weight excluding hydrogens is 299 g/mol. The van der Waals surface area contributed by atoms with E-state index in [4.69, 9.17) is 0 Å². The normalized spacial score (nSPS) is 10.3. The Morgan fingerprint density at radius 2 is 2.07 bits per heavy atom. The maximum atomic E-state index is 11.9. The van der Waals surface area contributed by atoms with Gasteiger partial charge in [-0.2, -0.15) is 0 Å². The standard InChI is InChI=1S/C13H17IO/c1-3-4-5-9-12(15)11-8-6-7-10(2)13(11)14/h6-8H,3-5,9H2,1-2H3. The van der Waals surface area contributed by atoms with Gasteiger partial charge in [-0.1, -0.05) is 38.0 Å². The molecule has 0 spiro atoms. The van der Waals surface area contributed by atoms with Gasteiger partial charge in [0.05, 0.1) is 0 Å². The zero-order valence-electron chi connectivity index (χ0n) is 9.35. The molecule has 0 bridgehead atoms. The van der Waals surface area contributed by atoms with Gasteiger partial charge in [-0.25, -0.2) is 0 Å². The molecule has 0 aliphatic heterocycles. The third-order valence-corrected chi connectivity index (χ3v) is 3.93. The van der Waals surface area contributed by atoms with E-state index in [1.807, 2.05) is 25.1 Å².